The summed E-state index contributed by atoms with van der Waals surface area (Å²) in [4.78, 5) is 5.16. The lowest BCUT2D eigenvalue weighted by Crippen LogP contribution is -2.46. The largest absolute Gasteiger partial charge is 0.330 e. The van der Waals surface area contributed by atoms with Crippen LogP contribution in [-0.4, -0.2) is 55.1 Å². The third-order valence-electron chi connectivity index (χ3n) is 4.35. The van der Waals surface area contributed by atoms with Crippen molar-refractivity contribution < 1.29 is 0 Å². The van der Waals surface area contributed by atoms with E-state index < -0.39 is 0 Å². The lowest BCUT2D eigenvalue weighted by Gasteiger charge is -2.39. The van der Waals surface area contributed by atoms with Crippen LogP contribution in [0.5, 0.6) is 0 Å². The van der Waals surface area contributed by atoms with Gasteiger partial charge in [0.1, 0.15) is 0 Å². The molecular weight excluding hydrogens is 186 g/mol. The molecule has 0 aliphatic carbocycles. The molecule has 3 heteroatoms. The van der Waals surface area contributed by atoms with E-state index >= 15 is 0 Å². The summed E-state index contributed by atoms with van der Waals surface area (Å²) < 4.78 is 0. The van der Waals surface area contributed by atoms with Gasteiger partial charge in [-0.1, -0.05) is 0 Å². The maximum atomic E-state index is 5.74. The van der Waals surface area contributed by atoms with Crippen molar-refractivity contribution in [2.24, 2.45) is 11.7 Å². The molecule has 0 amide bonds. The maximum absolute atomic E-state index is 5.74. The monoisotopic (exact) mass is 211 g/mol. The van der Waals surface area contributed by atoms with Crippen LogP contribution in [-0.2, 0) is 0 Å². The molecule has 3 unspecified atom stereocenters. The summed E-state index contributed by atoms with van der Waals surface area (Å²) >= 11 is 0. The molecule has 3 nitrogen and oxygen atoms in total. The molecule has 0 saturated carbocycles. The van der Waals surface area contributed by atoms with Gasteiger partial charge in [-0.05, 0) is 58.8 Å². The van der Waals surface area contributed by atoms with E-state index in [2.05, 4.69) is 23.8 Å². The van der Waals surface area contributed by atoms with Crippen LogP contribution in [0.25, 0.3) is 0 Å². The second kappa shape index (κ2) is 4.81. The minimum Gasteiger partial charge on any atom is -0.330 e. The Kier molecular flexibility index (Phi) is 3.65. The van der Waals surface area contributed by atoms with Crippen LogP contribution >= 0.6 is 0 Å². The van der Waals surface area contributed by atoms with Gasteiger partial charge in [-0.15, -0.1) is 0 Å². The highest BCUT2D eigenvalue weighted by molar-refractivity contribution is 4.87. The fourth-order valence-corrected chi connectivity index (χ4v) is 2.98. The van der Waals surface area contributed by atoms with Crippen molar-refractivity contribution in [1.82, 2.24) is 9.80 Å². The lowest BCUT2D eigenvalue weighted by molar-refractivity contribution is 0.102. The molecule has 2 aliphatic rings. The number of hydrogen-bond acceptors (Lipinski definition) is 3. The van der Waals surface area contributed by atoms with Crippen LogP contribution in [0, 0.1) is 5.92 Å². The topological polar surface area (TPSA) is 32.5 Å². The summed E-state index contributed by atoms with van der Waals surface area (Å²) in [5, 5.41) is 0. The van der Waals surface area contributed by atoms with E-state index in [1.807, 2.05) is 0 Å². The number of rotatable bonds is 2. The van der Waals surface area contributed by atoms with Gasteiger partial charge in [-0.25, -0.2) is 0 Å². The van der Waals surface area contributed by atoms with E-state index in [1.54, 1.807) is 0 Å². The van der Waals surface area contributed by atoms with E-state index in [4.69, 9.17) is 5.73 Å². The third-order valence-corrected chi connectivity index (χ3v) is 4.35. The standard InChI is InChI=1S/C12H25N3/c1-10-7-12(4-5-14(10)2)15-6-3-11(8-13)9-15/h10-12H,3-9,13H2,1-2H3. The normalized spacial score (nSPS) is 39.8. The van der Waals surface area contributed by atoms with E-state index in [1.165, 1.54) is 38.9 Å². The molecule has 0 bridgehead atoms. The van der Waals surface area contributed by atoms with Crippen LogP contribution < -0.4 is 5.73 Å². The molecule has 0 aromatic carbocycles. The highest BCUT2D eigenvalue weighted by Crippen LogP contribution is 2.25. The predicted octanol–water partition coefficient (Wildman–Crippen LogP) is 0.750. The van der Waals surface area contributed by atoms with Crippen molar-refractivity contribution in [2.75, 3.05) is 33.2 Å². The van der Waals surface area contributed by atoms with Crippen molar-refractivity contribution in [3.63, 3.8) is 0 Å². The minimum absolute atomic E-state index is 0.751. The zero-order valence-corrected chi connectivity index (χ0v) is 10.2. The minimum atomic E-state index is 0.751. The summed E-state index contributed by atoms with van der Waals surface area (Å²) in [6, 6.07) is 1.58. The predicted molar refractivity (Wildman–Crippen MR) is 63.8 cm³/mol. The van der Waals surface area contributed by atoms with E-state index in [-0.39, 0.29) is 0 Å². The van der Waals surface area contributed by atoms with Crippen LogP contribution in [0.1, 0.15) is 26.2 Å². The highest BCUT2D eigenvalue weighted by Gasteiger charge is 2.31. The molecule has 0 spiro atoms. The van der Waals surface area contributed by atoms with Crippen molar-refractivity contribution in [2.45, 2.75) is 38.3 Å². The first-order valence-corrected chi connectivity index (χ1v) is 6.35. The fraction of sp³-hybridized carbons (Fsp3) is 1.00. The van der Waals surface area contributed by atoms with E-state index in [0.29, 0.717) is 0 Å². The van der Waals surface area contributed by atoms with Gasteiger partial charge in [0, 0.05) is 18.6 Å². The third kappa shape index (κ3) is 2.52. The van der Waals surface area contributed by atoms with Gasteiger partial charge >= 0.3 is 0 Å². The maximum Gasteiger partial charge on any atom is 0.0122 e. The average molecular weight is 211 g/mol. The molecule has 0 aromatic heterocycles. The number of hydrogen-bond donors (Lipinski definition) is 1. The number of piperidine rings is 1. The van der Waals surface area contributed by atoms with Crippen LogP contribution in [0.3, 0.4) is 0 Å². The first kappa shape index (κ1) is 11.4. The smallest absolute Gasteiger partial charge is 0.0122 e. The Morgan fingerprint density at radius 2 is 2.07 bits per heavy atom. The van der Waals surface area contributed by atoms with Gasteiger partial charge in [0.2, 0.25) is 0 Å². The fourth-order valence-electron chi connectivity index (χ4n) is 2.98. The van der Waals surface area contributed by atoms with Crippen LogP contribution in [0.4, 0.5) is 0 Å². The van der Waals surface area contributed by atoms with Gasteiger partial charge in [0.15, 0.2) is 0 Å². The second-order valence-corrected chi connectivity index (χ2v) is 5.39. The molecule has 2 N–H and O–H groups in total. The summed E-state index contributed by atoms with van der Waals surface area (Å²) in [5.74, 6) is 0.764. The summed E-state index contributed by atoms with van der Waals surface area (Å²) in [7, 11) is 2.24. The average Bonchev–Trinajstić information content (AvgIpc) is 2.70. The SMILES string of the molecule is CC1CC(N2CCC(CN)C2)CCN1C. The Bertz CT molecular complexity index is 207. The van der Waals surface area contributed by atoms with Crippen LogP contribution in [0.2, 0.25) is 0 Å². The Hall–Kier alpha value is -0.120. The van der Waals surface area contributed by atoms with Crippen molar-refractivity contribution in [1.29, 1.82) is 0 Å². The van der Waals surface area contributed by atoms with E-state index in [0.717, 1.165) is 24.5 Å². The number of nitrogens with zero attached hydrogens (tertiary/aromatic N) is 2. The molecule has 88 valence electrons. The van der Waals surface area contributed by atoms with Crippen molar-refractivity contribution in [3.8, 4) is 0 Å². The van der Waals surface area contributed by atoms with Crippen LogP contribution in [0.15, 0.2) is 0 Å². The molecule has 2 aliphatic heterocycles. The Balaban J connectivity index is 1.84. The summed E-state index contributed by atoms with van der Waals surface area (Å²) in [5.41, 5.74) is 5.74. The molecule has 3 atom stereocenters. The van der Waals surface area contributed by atoms with Gasteiger partial charge < -0.3 is 10.6 Å². The first-order valence-electron chi connectivity index (χ1n) is 6.35. The molecule has 2 rings (SSSR count). The zero-order valence-electron chi connectivity index (χ0n) is 10.2. The quantitative estimate of drug-likeness (QED) is 0.731. The molecular formula is C12H25N3. The molecule has 0 radical (unpaired) electrons. The summed E-state index contributed by atoms with van der Waals surface area (Å²) in [6.07, 6.45) is 4.00. The van der Waals surface area contributed by atoms with E-state index in [9.17, 15) is 0 Å². The number of nitrogens with two attached hydrogens (primary N) is 1. The Morgan fingerprint density at radius 1 is 1.27 bits per heavy atom. The van der Waals surface area contributed by atoms with Gasteiger partial charge in [-0.2, -0.15) is 0 Å². The first-order chi connectivity index (χ1) is 7.20. The second-order valence-electron chi connectivity index (χ2n) is 5.39. The molecule has 2 fully saturated rings. The number of likely N-dealkylation sites (tertiary alicyclic amines) is 2. The highest BCUT2D eigenvalue weighted by atomic mass is 15.2. The molecule has 0 aromatic rings. The summed E-state index contributed by atoms with van der Waals surface area (Å²) in [6.45, 7) is 7.01. The van der Waals surface area contributed by atoms with Gasteiger partial charge in [0.05, 0.1) is 0 Å². The molecule has 15 heavy (non-hydrogen) atoms. The van der Waals surface area contributed by atoms with Crippen molar-refractivity contribution in [3.05, 3.63) is 0 Å². The Labute approximate surface area is 93.6 Å². The van der Waals surface area contributed by atoms with Crippen molar-refractivity contribution >= 4 is 0 Å². The Morgan fingerprint density at radius 3 is 2.67 bits per heavy atom. The molecule has 2 saturated heterocycles. The van der Waals surface area contributed by atoms with Gasteiger partial charge in [0.25, 0.3) is 0 Å². The lowest BCUT2D eigenvalue weighted by atomic mass is 9.98. The zero-order chi connectivity index (χ0) is 10.8. The molecule has 2 heterocycles. The van der Waals surface area contributed by atoms with Gasteiger partial charge in [-0.3, -0.25) is 4.90 Å².